The summed E-state index contributed by atoms with van der Waals surface area (Å²) in [4.78, 5) is 12.4. The van der Waals surface area contributed by atoms with Crippen molar-refractivity contribution >= 4 is 21.6 Å². The van der Waals surface area contributed by atoms with Crippen LogP contribution in [0.15, 0.2) is 53.4 Å². The molecule has 0 aromatic heterocycles. The van der Waals surface area contributed by atoms with Gasteiger partial charge >= 0.3 is 0 Å². The van der Waals surface area contributed by atoms with Gasteiger partial charge in [-0.2, -0.15) is 0 Å². The maximum atomic E-state index is 13.0. The predicted octanol–water partition coefficient (Wildman–Crippen LogP) is 2.20. The first-order valence-electron chi connectivity index (χ1n) is 8.52. The third kappa shape index (κ3) is 3.73. The van der Waals surface area contributed by atoms with E-state index in [1.165, 1.54) is 16.4 Å². The Morgan fingerprint density at radius 2 is 2.00 bits per heavy atom. The first kappa shape index (κ1) is 18.4. The molecule has 0 radical (unpaired) electrons. The maximum absolute atomic E-state index is 13.0. The van der Waals surface area contributed by atoms with Crippen LogP contribution in [0.25, 0.3) is 0 Å². The van der Waals surface area contributed by atoms with E-state index in [0.717, 1.165) is 5.56 Å². The highest BCUT2D eigenvalue weighted by Crippen LogP contribution is 2.32. The van der Waals surface area contributed by atoms with Gasteiger partial charge in [0.25, 0.3) is 15.9 Å². The lowest BCUT2D eigenvalue weighted by Gasteiger charge is -2.20. The van der Waals surface area contributed by atoms with Crippen LogP contribution in [-0.2, 0) is 21.2 Å². The normalized spacial score (nSPS) is 13.5. The number of hydrogen-bond donors (Lipinski definition) is 1. The molecule has 0 unspecified atom stereocenters. The van der Waals surface area contributed by atoms with Crippen LogP contribution in [0, 0.1) is 0 Å². The van der Waals surface area contributed by atoms with E-state index in [4.69, 9.17) is 4.74 Å². The molecule has 26 heavy (non-hydrogen) atoms. The minimum absolute atomic E-state index is 0.124. The number of benzene rings is 2. The molecule has 0 spiro atoms. The number of rotatable bonds is 7. The molecule has 2 aromatic rings. The summed E-state index contributed by atoms with van der Waals surface area (Å²) in [7, 11) is -2.10. The number of para-hydroxylation sites is 1. The van der Waals surface area contributed by atoms with Crippen molar-refractivity contribution in [2.75, 3.05) is 31.1 Å². The number of ether oxygens (including phenoxy) is 1. The van der Waals surface area contributed by atoms with E-state index in [9.17, 15) is 13.2 Å². The molecule has 0 saturated heterocycles. The fourth-order valence-electron chi connectivity index (χ4n) is 3.00. The van der Waals surface area contributed by atoms with E-state index in [1.807, 2.05) is 24.3 Å². The summed E-state index contributed by atoms with van der Waals surface area (Å²) in [6.07, 6.45) is 1.39. The molecule has 138 valence electrons. The van der Waals surface area contributed by atoms with Crippen molar-refractivity contribution < 1.29 is 17.9 Å². The molecular formula is C19H22N2O4S. The average Bonchev–Trinajstić information content (AvgIpc) is 3.10. The summed E-state index contributed by atoms with van der Waals surface area (Å²) in [5.41, 5.74) is 2.06. The van der Waals surface area contributed by atoms with Gasteiger partial charge in [0.05, 0.1) is 10.6 Å². The van der Waals surface area contributed by atoms with Crippen molar-refractivity contribution in [2.45, 2.75) is 17.7 Å². The second-order valence-corrected chi connectivity index (χ2v) is 7.95. The molecular weight excluding hydrogens is 352 g/mol. The standard InChI is InChI=1S/C19H22N2O4S/c1-25-13-5-11-20-19(22)16-7-4-8-17(14-16)26(23,24)21-12-10-15-6-2-3-9-18(15)21/h2-4,6-9,14H,5,10-13H2,1H3,(H,20,22). The molecule has 0 fully saturated rings. The Morgan fingerprint density at radius 3 is 2.81 bits per heavy atom. The molecule has 6 nitrogen and oxygen atoms in total. The maximum Gasteiger partial charge on any atom is 0.264 e. The van der Waals surface area contributed by atoms with Crippen molar-refractivity contribution in [2.24, 2.45) is 0 Å². The zero-order valence-electron chi connectivity index (χ0n) is 14.6. The van der Waals surface area contributed by atoms with Gasteiger partial charge in [-0.3, -0.25) is 9.10 Å². The minimum atomic E-state index is -3.70. The fraction of sp³-hybridized carbons (Fsp3) is 0.316. The third-order valence-electron chi connectivity index (χ3n) is 4.34. The van der Waals surface area contributed by atoms with Crippen LogP contribution in [0.2, 0.25) is 0 Å². The van der Waals surface area contributed by atoms with Crippen LogP contribution < -0.4 is 9.62 Å². The zero-order valence-corrected chi connectivity index (χ0v) is 15.5. The van der Waals surface area contributed by atoms with Crippen molar-refractivity contribution in [3.8, 4) is 0 Å². The molecule has 0 bridgehead atoms. The van der Waals surface area contributed by atoms with Gasteiger partial charge in [-0.05, 0) is 42.7 Å². The first-order chi connectivity index (χ1) is 12.5. The summed E-state index contributed by atoms with van der Waals surface area (Å²) >= 11 is 0. The number of carbonyl (C=O) groups excluding carboxylic acids is 1. The van der Waals surface area contributed by atoms with Crippen molar-refractivity contribution in [3.05, 3.63) is 59.7 Å². The first-order valence-corrected chi connectivity index (χ1v) is 9.96. The van der Waals surface area contributed by atoms with Gasteiger partial charge in [-0.25, -0.2) is 8.42 Å². The molecule has 2 aromatic carbocycles. The zero-order chi connectivity index (χ0) is 18.6. The quantitative estimate of drug-likeness (QED) is 0.754. The molecule has 3 rings (SSSR count). The summed E-state index contributed by atoms with van der Waals surface area (Å²) < 4.78 is 32.5. The smallest absolute Gasteiger partial charge is 0.264 e. The van der Waals surface area contributed by atoms with E-state index in [1.54, 1.807) is 19.2 Å². The van der Waals surface area contributed by atoms with E-state index in [0.29, 0.717) is 43.8 Å². The number of nitrogens with one attached hydrogen (secondary N) is 1. The Bertz CT molecular complexity index is 896. The third-order valence-corrected chi connectivity index (χ3v) is 6.15. The highest BCUT2D eigenvalue weighted by Gasteiger charge is 2.30. The summed E-state index contributed by atoms with van der Waals surface area (Å²) in [6, 6.07) is 13.7. The topological polar surface area (TPSA) is 75.7 Å². The van der Waals surface area contributed by atoms with Crippen LogP contribution in [0.4, 0.5) is 5.69 Å². The van der Waals surface area contributed by atoms with Gasteiger partial charge in [0.15, 0.2) is 0 Å². The molecule has 1 aliphatic rings. The number of hydrogen-bond acceptors (Lipinski definition) is 4. The van der Waals surface area contributed by atoms with Gasteiger partial charge < -0.3 is 10.1 Å². The number of fused-ring (bicyclic) bond motifs is 1. The lowest BCUT2D eigenvalue weighted by Crippen LogP contribution is -2.30. The molecule has 0 atom stereocenters. The molecule has 1 aliphatic heterocycles. The summed E-state index contributed by atoms with van der Waals surface area (Å²) in [6.45, 7) is 1.45. The van der Waals surface area contributed by atoms with Gasteiger partial charge in [0, 0.05) is 32.4 Å². The predicted molar refractivity (Wildman–Crippen MR) is 99.9 cm³/mol. The monoisotopic (exact) mass is 374 g/mol. The summed E-state index contributed by atoms with van der Waals surface area (Å²) in [5, 5.41) is 2.77. The average molecular weight is 374 g/mol. The number of amides is 1. The highest BCUT2D eigenvalue weighted by molar-refractivity contribution is 7.92. The minimum Gasteiger partial charge on any atom is -0.385 e. The fourth-order valence-corrected chi connectivity index (χ4v) is 4.55. The lowest BCUT2D eigenvalue weighted by molar-refractivity contribution is 0.0948. The number of carbonyl (C=O) groups is 1. The van der Waals surface area contributed by atoms with Gasteiger partial charge in [-0.15, -0.1) is 0 Å². The second-order valence-electron chi connectivity index (χ2n) is 6.09. The number of anilines is 1. The van der Waals surface area contributed by atoms with Crippen molar-refractivity contribution in [1.82, 2.24) is 5.32 Å². The van der Waals surface area contributed by atoms with Gasteiger partial charge in [0.2, 0.25) is 0 Å². The molecule has 1 N–H and O–H groups in total. The number of sulfonamides is 1. The molecule has 1 heterocycles. The Balaban J connectivity index is 1.80. The number of methoxy groups -OCH3 is 1. The lowest BCUT2D eigenvalue weighted by atomic mass is 10.2. The van der Waals surface area contributed by atoms with Crippen LogP contribution in [-0.4, -0.2) is 41.1 Å². The Labute approximate surface area is 153 Å². The van der Waals surface area contributed by atoms with Gasteiger partial charge in [0.1, 0.15) is 0 Å². The molecule has 1 amide bonds. The van der Waals surface area contributed by atoms with E-state index >= 15 is 0 Å². The van der Waals surface area contributed by atoms with Crippen LogP contribution in [0.3, 0.4) is 0 Å². The van der Waals surface area contributed by atoms with Crippen LogP contribution >= 0.6 is 0 Å². The van der Waals surface area contributed by atoms with Crippen LogP contribution in [0.5, 0.6) is 0 Å². The molecule has 0 saturated carbocycles. The SMILES string of the molecule is COCCCNC(=O)c1cccc(S(=O)(=O)N2CCc3ccccc32)c1. The molecule has 7 heteroatoms. The second kappa shape index (κ2) is 7.88. The Morgan fingerprint density at radius 1 is 1.19 bits per heavy atom. The van der Waals surface area contributed by atoms with E-state index < -0.39 is 10.0 Å². The Kier molecular flexibility index (Phi) is 5.58. The number of nitrogens with zero attached hydrogens (tertiary/aromatic N) is 1. The summed E-state index contributed by atoms with van der Waals surface area (Å²) in [5.74, 6) is -0.292. The van der Waals surface area contributed by atoms with E-state index in [-0.39, 0.29) is 10.8 Å². The molecule has 0 aliphatic carbocycles. The largest absolute Gasteiger partial charge is 0.385 e. The van der Waals surface area contributed by atoms with Crippen molar-refractivity contribution in [1.29, 1.82) is 0 Å². The van der Waals surface area contributed by atoms with Gasteiger partial charge in [-0.1, -0.05) is 24.3 Å². The van der Waals surface area contributed by atoms with Crippen molar-refractivity contribution in [3.63, 3.8) is 0 Å². The van der Waals surface area contributed by atoms with Crippen LogP contribution in [0.1, 0.15) is 22.3 Å². The van der Waals surface area contributed by atoms with E-state index in [2.05, 4.69) is 5.32 Å². The Hall–Kier alpha value is -2.38. The highest BCUT2D eigenvalue weighted by atomic mass is 32.2.